The lowest BCUT2D eigenvalue weighted by molar-refractivity contribution is 0.1000. The summed E-state index contributed by atoms with van der Waals surface area (Å²) < 4.78 is 1.31. The van der Waals surface area contributed by atoms with E-state index < -0.39 is 5.91 Å². The lowest BCUT2D eigenvalue weighted by Crippen LogP contribution is -2.24. The van der Waals surface area contributed by atoms with E-state index in [4.69, 9.17) is 11.5 Å². The zero-order valence-corrected chi connectivity index (χ0v) is 11.5. The van der Waals surface area contributed by atoms with E-state index in [1.165, 1.54) is 10.7 Å². The van der Waals surface area contributed by atoms with Crippen molar-refractivity contribution < 1.29 is 4.79 Å². The van der Waals surface area contributed by atoms with Crippen molar-refractivity contribution in [3.05, 3.63) is 58.0 Å². The first kappa shape index (κ1) is 14.7. The average Bonchev–Trinajstić information content (AvgIpc) is 2.48. The molecule has 0 saturated carbocycles. The van der Waals surface area contributed by atoms with Crippen molar-refractivity contribution in [3.63, 3.8) is 0 Å². The second-order valence-electron chi connectivity index (χ2n) is 4.52. The maximum absolute atomic E-state index is 12.0. The summed E-state index contributed by atoms with van der Waals surface area (Å²) in [5.74, 6) is -0.501. The molecule has 0 aliphatic heterocycles. The Morgan fingerprint density at radius 2 is 2.14 bits per heavy atom. The Morgan fingerprint density at radius 1 is 1.33 bits per heavy atom. The molecular formula is C14H17N5O2. The molecule has 7 nitrogen and oxygen atoms in total. The molecular weight excluding hydrogens is 270 g/mol. The molecule has 2 aromatic rings. The second kappa shape index (κ2) is 6.67. The Kier molecular flexibility index (Phi) is 4.68. The van der Waals surface area contributed by atoms with E-state index in [2.05, 4.69) is 10.4 Å². The molecule has 0 aliphatic rings. The third kappa shape index (κ3) is 3.90. The van der Waals surface area contributed by atoms with Gasteiger partial charge in [-0.25, -0.2) is 4.68 Å². The van der Waals surface area contributed by atoms with Gasteiger partial charge in [0.1, 0.15) is 0 Å². The van der Waals surface area contributed by atoms with E-state index in [0.717, 1.165) is 5.56 Å². The summed E-state index contributed by atoms with van der Waals surface area (Å²) in [6.45, 7) is 1.33. The van der Waals surface area contributed by atoms with Gasteiger partial charge in [-0.2, -0.15) is 5.10 Å². The van der Waals surface area contributed by atoms with Crippen LogP contribution in [0, 0.1) is 0 Å². The fourth-order valence-corrected chi connectivity index (χ4v) is 1.86. The molecule has 0 aliphatic carbocycles. The van der Waals surface area contributed by atoms with Crippen molar-refractivity contribution in [3.8, 4) is 0 Å². The maximum Gasteiger partial charge on any atom is 0.269 e. The second-order valence-corrected chi connectivity index (χ2v) is 4.52. The minimum absolute atomic E-state index is 0.235. The molecule has 1 amide bonds. The highest BCUT2D eigenvalue weighted by atomic mass is 16.1. The van der Waals surface area contributed by atoms with E-state index in [0.29, 0.717) is 24.3 Å². The highest BCUT2D eigenvalue weighted by molar-refractivity contribution is 5.92. The van der Waals surface area contributed by atoms with Crippen LogP contribution < -0.4 is 22.3 Å². The van der Waals surface area contributed by atoms with Crippen LogP contribution in [-0.2, 0) is 6.54 Å². The molecule has 1 aromatic heterocycles. The third-order valence-corrected chi connectivity index (χ3v) is 2.89. The van der Waals surface area contributed by atoms with Crippen LogP contribution in [0.5, 0.6) is 0 Å². The number of hydrogen-bond donors (Lipinski definition) is 3. The van der Waals surface area contributed by atoms with Crippen molar-refractivity contribution in [2.45, 2.75) is 6.54 Å². The topological polar surface area (TPSA) is 116 Å². The summed E-state index contributed by atoms with van der Waals surface area (Å²) in [5.41, 5.74) is 12.2. The number of aromatic nitrogens is 2. The third-order valence-electron chi connectivity index (χ3n) is 2.89. The van der Waals surface area contributed by atoms with Gasteiger partial charge in [-0.1, -0.05) is 12.1 Å². The number of amides is 1. The molecule has 0 bridgehead atoms. The number of nitrogens with one attached hydrogen (secondary N) is 1. The first-order valence-electron chi connectivity index (χ1n) is 6.50. The molecule has 7 heteroatoms. The van der Waals surface area contributed by atoms with E-state index in [-0.39, 0.29) is 12.1 Å². The number of nitrogens with two attached hydrogens (primary N) is 2. The SMILES string of the molecule is NCCNc1cnn(Cc2cccc(C(N)=O)c2)c(=O)c1. The fraction of sp³-hybridized carbons (Fsp3) is 0.214. The molecule has 1 aromatic carbocycles. The summed E-state index contributed by atoms with van der Waals surface area (Å²) >= 11 is 0. The zero-order chi connectivity index (χ0) is 15.2. The largest absolute Gasteiger partial charge is 0.382 e. The van der Waals surface area contributed by atoms with Gasteiger partial charge in [0.05, 0.1) is 18.4 Å². The van der Waals surface area contributed by atoms with Crippen LogP contribution in [0.25, 0.3) is 0 Å². The van der Waals surface area contributed by atoms with Crippen LogP contribution in [0.3, 0.4) is 0 Å². The van der Waals surface area contributed by atoms with Crippen LogP contribution in [0.15, 0.2) is 41.3 Å². The number of anilines is 1. The number of hydrogen-bond acceptors (Lipinski definition) is 5. The first-order chi connectivity index (χ1) is 10.1. The predicted octanol–water partition coefficient (Wildman–Crippen LogP) is -0.239. The van der Waals surface area contributed by atoms with Crippen molar-refractivity contribution in [2.24, 2.45) is 11.5 Å². The predicted molar refractivity (Wildman–Crippen MR) is 80.1 cm³/mol. The molecule has 5 N–H and O–H groups in total. The van der Waals surface area contributed by atoms with E-state index in [1.807, 2.05) is 0 Å². The fourth-order valence-electron chi connectivity index (χ4n) is 1.86. The van der Waals surface area contributed by atoms with Crippen LogP contribution in [0.4, 0.5) is 5.69 Å². The maximum atomic E-state index is 12.0. The highest BCUT2D eigenvalue weighted by Gasteiger charge is 2.04. The van der Waals surface area contributed by atoms with Crippen LogP contribution in [0.2, 0.25) is 0 Å². The monoisotopic (exact) mass is 287 g/mol. The molecule has 0 unspecified atom stereocenters. The lowest BCUT2D eigenvalue weighted by Gasteiger charge is -2.08. The molecule has 1 heterocycles. The standard InChI is InChI=1S/C14H17N5O2/c15-4-5-17-12-7-13(20)19(18-8-12)9-10-2-1-3-11(6-10)14(16)21/h1-3,6-8,17H,4-5,9,15H2,(H2,16,21). The quantitative estimate of drug-likeness (QED) is 0.678. The molecule has 21 heavy (non-hydrogen) atoms. The molecule has 0 radical (unpaired) electrons. The van der Waals surface area contributed by atoms with Gasteiger partial charge in [-0.05, 0) is 17.7 Å². The Hall–Kier alpha value is -2.67. The minimum Gasteiger partial charge on any atom is -0.382 e. The van der Waals surface area contributed by atoms with Gasteiger partial charge in [0.15, 0.2) is 0 Å². The van der Waals surface area contributed by atoms with Crippen molar-refractivity contribution in [1.29, 1.82) is 0 Å². The number of primary amides is 1. The summed E-state index contributed by atoms with van der Waals surface area (Å²) in [4.78, 5) is 23.1. The van der Waals surface area contributed by atoms with Gasteiger partial charge >= 0.3 is 0 Å². The van der Waals surface area contributed by atoms with E-state index in [9.17, 15) is 9.59 Å². The number of carbonyl (C=O) groups is 1. The summed E-state index contributed by atoms with van der Waals surface area (Å²) in [6.07, 6.45) is 1.56. The Labute approximate surface area is 121 Å². The Balaban J connectivity index is 2.18. The summed E-state index contributed by atoms with van der Waals surface area (Å²) in [7, 11) is 0. The van der Waals surface area contributed by atoms with Crippen molar-refractivity contribution >= 4 is 11.6 Å². The smallest absolute Gasteiger partial charge is 0.269 e. The number of benzene rings is 1. The molecule has 2 rings (SSSR count). The van der Waals surface area contributed by atoms with Gasteiger partial charge in [0.25, 0.3) is 5.56 Å². The van der Waals surface area contributed by atoms with Crippen LogP contribution in [0.1, 0.15) is 15.9 Å². The molecule has 0 saturated heterocycles. The van der Waals surface area contributed by atoms with Gasteiger partial charge < -0.3 is 16.8 Å². The molecule has 0 spiro atoms. The number of carbonyl (C=O) groups excluding carboxylic acids is 1. The summed E-state index contributed by atoms with van der Waals surface area (Å²) in [5, 5.41) is 7.07. The normalized spacial score (nSPS) is 10.3. The Morgan fingerprint density at radius 3 is 2.81 bits per heavy atom. The zero-order valence-electron chi connectivity index (χ0n) is 11.5. The molecule has 0 atom stereocenters. The lowest BCUT2D eigenvalue weighted by atomic mass is 10.1. The number of rotatable bonds is 6. The minimum atomic E-state index is -0.501. The van der Waals surface area contributed by atoms with Crippen molar-refractivity contribution in [1.82, 2.24) is 9.78 Å². The van der Waals surface area contributed by atoms with E-state index >= 15 is 0 Å². The Bertz CT molecular complexity index is 696. The molecule has 110 valence electrons. The highest BCUT2D eigenvalue weighted by Crippen LogP contribution is 2.06. The first-order valence-corrected chi connectivity index (χ1v) is 6.50. The average molecular weight is 287 g/mol. The van der Waals surface area contributed by atoms with Crippen LogP contribution >= 0.6 is 0 Å². The van der Waals surface area contributed by atoms with Gasteiger partial charge in [-0.15, -0.1) is 0 Å². The molecule has 0 fully saturated rings. The van der Waals surface area contributed by atoms with Gasteiger partial charge in [0.2, 0.25) is 5.91 Å². The van der Waals surface area contributed by atoms with Crippen molar-refractivity contribution in [2.75, 3.05) is 18.4 Å². The summed E-state index contributed by atoms with van der Waals surface area (Å²) in [6, 6.07) is 8.26. The van der Waals surface area contributed by atoms with E-state index in [1.54, 1.807) is 30.5 Å². The number of nitrogens with zero attached hydrogens (tertiary/aromatic N) is 2. The van der Waals surface area contributed by atoms with Gasteiger partial charge in [-0.3, -0.25) is 9.59 Å². The van der Waals surface area contributed by atoms with Gasteiger partial charge in [0, 0.05) is 24.7 Å². The van der Waals surface area contributed by atoms with Crippen LogP contribution in [-0.4, -0.2) is 28.8 Å².